The van der Waals surface area contributed by atoms with Gasteiger partial charge >= 0.3 is 7.47 Å². The van der Waals surface area contributed by atoms with Crippen LogP contribution in [0.25, 0.3) is 5.76 Å². The number of allylic oxidation sites excluding steroid dienone is 1. The Morgan fingerprint density at radius 2 is 1.32 bits per heavy atom. The van der Waals surface area contributed by atoms with Crippen LogP contribution in [0, 0.1) is 0 Å². The fraction of sp³-hybridized carbons (Fsp3) is 0.211. The summed E-state index contributed by atoms with van der Waals surface area (Å²) in [5.74, 6) is 0.447. The van der Waals surface area contributed by atoms with Crippen LogP contribution in [0.1, 0.15) is 15.9 Å². The standard InChI is InChI=1S/C19H19BF2O6/c1-24-12-5-7-14(17(9-12)26-3)16(23)11-19(28-20(21)22)15-8-6-13(25-2)10-18(15)27-4/h5-11H,1-4H3. The van der Waals surface area contributed by atoms with E-state index in [1.165, 1.54) is 52.7 Å². The third kappa shape index (κ3) is 4.94. The lowest BCUT2D eigenvalue weighted by Crippen LogP contribution is -2.08. The Hall–Kier alpha value is -3.23. The van der Waals surface area contributed by atoms with Crippen molar-refractivity contribution in [1.29, 1.82) is 0 Å². The Morgan fingerprint density at radius 3 is 1.79 bits per heavy atom. The van der Waals surface area contributed by atoms with Gasteiger partial charge in [0.2, 0.25) is 0 Å². The molecule has 0 aliphatic carbocycles. The second-order valence-corrected chi connectivity index (χ2v) is 5.38. The molecule has 0 amide bonds. The zero-order valence-corrected chi connectivity index (χ0v) is 15.8. The molecule has 9 heteroatoms. The summed E-state index contributed by atoms with van der Waals surface area (Å²) in [6, 6.07) is 9.05. The molecule has 6 nitrogen and oxygen atoms in total. The predicted molar refractivity (Wildman–Crippen MR) is 100 cm³/mol. The Morgan fingerprint density at radius 1 is 0.821 bits per heavy atom. The summed E-state index contributed by atoms with van der Waals surface area (Å²) in [5.41, 5.74) is 0.329. The summed E-state index contributed by atoms with van der Waals surface area (Å²) < 4.78 is 51.1. The number of hydrogen-bond acceptors (Lipinski definition) is 6. The number of methoxy groups -OCH3 is 4. The number of halogens is 2. The lowest BCUT2D eigenvalue weighted by Gasteiger charge is -2.14. The highest BCUT2D eigenvalue weighted by Gasteiger charge is 2.24. The molecule has 0 heterocycles. The Kier molecular flexibility index (Phi) is 7.25. The zero-order valence-electron chi connectivity index (χ0n) is 15.8. The van der Waals surface area contributed by atoms with Gasteiger partial charge in [-0.05, 0) is 24.3 Å². The molecule has 0 unspecified atom stereocenters. The van der Waals surface area contributed by atoms with Crippen LogP contribution in [0.5, 0.6) is 23.0 Å². The molecule has 2 rings (SSSR count). The molecular weight excluding hydrogens is 373 g/mol. The molecule has 148 valence electrons. The number of rotatable bonds is 9. The van der Waals surface area contributed by atoms with Crippen LogP contribution in [0.3, 0.4) is 0 Å². The van der Waals surface area contributed by atoms with E-state index in [1.807, 2.05) is 0 Å². The fourth-order valence-corrected chi connectivity index (χ4v) is 2.47. The number of ether oxygens (including phenoxy) is 4. The van der Waals surface area contributed by atoms with Crippen molar-refractivity contribution in [2.24, 2.45) is 0 Å². The van der Waals surface area contributed by atoms with Crippen molar-refractivity contribution in [1.82, 2.24) is 0 Å². The Bertz CT molecular complexity index is 869. The lowest BCUT2D eigenvalue weighted by atomic mass is 10.0. The topological polar surface area (TPSA) is 63.2 Å². The smallest absolute Gasteiger partial charge is 0.504 e. The van der Waals surface area contributed by atoms with E-state index >= 15 is 0 Å². The van der Waals surface area contributed by atoms with Gasteiger partial charge in [-0.2, -0.15) is 0 Å². The summed E-state index contributed by atoms with van der Waals surface area (Å²) in [5, 5.41) is 0. The van der Waals surface area contributed by atoms with Gasteiger partial charge < -0.3 is 23.6 Å². The van der Waals surface area contributed by atoms with E-state index in [0.29, 0.717) is 11.5 Å². The van der Waals surface area contributed by atoms with Crippen molar-refractivity contribution in [3.8, 4) is 23.0 Å². The van der Waals surface area contributed by atoms with Crippen LogP contribution >= 0.6 is 0 Å². The molecule has 0 saturated heterocycles. The normalized spacial score (nSPS) is 10.9. The number of hydrogen-bond donors (Lipinski definition) is 0. The third-order valence-electron chi connectivity index (χ3n) is 3.83. The molecule has 0 radical (unpaired) electrons. The van der Waals surface area contributed by atoms with Gasteiger partial charge in [0.1, 0.15) is 28.8 Å². The SMILES string of the molecule is COc1ccc(C(=O)C=C(OB(F)F)c2ccc(OC)cc2OC)c(OC)c1. The van der Waals surface area contributed by atoms with Crippen molar-refractivity contribution in [2.75, 3.05) is 28.4 Å². The van der Waals surface area contributed by atoms with E-state index in [1.54, 1.807) is 12.1 Å². The summed E-state index contributed by atoms with van der Waals surface area (Å²) in [6.07, 6.45) is 0.959. The van der Waals surface area contributed by atoms with Gasteiger partial charge in [0, 0.05) is 18.2 Å². The first-order chi connectivity index (χ1) is 13.4. The second kappa shape index (κ2) is 9.64. The van der Waals surface area contributed by atoms with Crippen molar-refractivity contribution in [3.63, 3.8) is 0 Å². The molecule has 2 aromatic carbocycles. The molecule has 0 fully saturated rings. The molecule has 0 atom stereocenters. The quantitative estimate of drug-likeness (QED) is 0.279. The number of benzene rings is 2. The Balaban J connectivity index is 2.51. The molecule has 28 heavy (non-hydrogen) atoms. The molecular formula is C19H19BF2O6. The highest BCUT2D eigenvalue weighted by molar-refractivity contribution is 6.36. The maximum absolute atomic E-state index is 13.0. The molecule has 0 spiro atoms. The van der Waals surface area contributed by atoms with E-state index in [4.69, 9.17) is 18.9 Å². The third-order valence-corrected chi connectivity index (χ3v) is 3.83. The van der Waals surface area contributed by atoms with E-state index in [0.717, 1.165) is 6.08 Å². The van der Waals surface area contributed by atoms with Crippen LogP contribution < -0.4 is 18.9 Å². The van der Waals surface area contributed by atoms with Crippen LogP contribution in [-0.4, -0.2) is 41.7 Å². The monoisotopic (exact) mass is 392 g/mol. The van der Waals surface area contributed by atoms with Crippen LogP contribution in [0.4, 0.5) is 8.63 Å². The average molecular weight is 392 g/mol. The van der Waals surface area contributed by atoms with E-state index in [9.17, 15) is 13.4 Å². The maximum Gasteiger partial charge on any atom is 0.796 e. The largest absolute Gasteiger partial charge is 0.796 e. The predicted octanol–water partition coefficient (Wildman–Crippen LogP) is 3.89. The minimum Gasteiger partial charge on any atom is -0.504 e. The highest BCUT2D eigenvalue weighted by Crippen LogP contribution is 2.32. The van der Waals surface area contributed by atoms with Gasteiger partial charge in [0.15, 0.2) is 5.78 Å². The van der Waals surface area contributed by atoms with E-state index in [2.05, 4.69) is 4.65 Å². The number of carbonyl (C=O) groups excluding carboxylic acids is 1. The second-order valence-electron chi connectivity index (χ2n) is 5.38. The van der Waals surface area contributed by atoms with Crippen molar-refractivity contribution >= 4 is 19.0 Å². The van der Waals surface area contributed by atoms with Crippen LogP contribution in [-0.2, 0) is 4.65 Å². The van der Waals surface area contributed by atoms with Gasteiger partial charge in [0.25, 0.3) is 0 Å². The van der Waals surface area contributed by atoms with E-state index in [-0.39, 0.29) is 28.4 Å². The zero-order chi connectivity index (χ0) is 20.7. The molecule has 0 bridgehead atoms. The van der Waals surface area contributed by atoms with Gasteiger partial charge in [-0.15, -0.1) is 0 Å². The van der Waals surface area contributed by atoms with Crippen molar-refractivity contribution < 1.29 is 37.0 Å². The minimum atomic E-state index is -3.14. The summed E-state index contributed by atoms with van der Waals surface area (Å²) in [4.78, 5) is 12.7. The van der Waals surface area contributed by atoms with Crippen molar-refractivity contribution in [3.05, 3.63) is 53.6 Å². The Labute approximate surface area is 161 Å². The molecule has 2 aromatic rings. The first kappa shape index (κ1) is 21.1. The van der Waals surface area contributed by atoms with Gasteiger partial charge in [-0.25, -0.2) is 8.63 Å². The fourth-order valence-electron chi connectivity index (χ4n) is 2.47. The van der Waals surface area contributed by atoms with Crippen LogP contribution in [0.15, 0.2) is 42.5 Å². The van der Waals surface area contributed by atoms with Gasteiger partial charge in [0.05, 0.1) is 39.6 Å². The first-order valence-corrected chi connectivity index (χ1v) is 8.08. The molecule has 0 aliphatic heterocycles. The summed E-state index contributed by atoms with van der Waals surface area (Å²) in [7, 11) is 2.55. The number of carbonyl (C=O) groups is 1. The lowest BCUT2D eigenvalue weighted by molar-refractivity contribution is 0.104. The first-order valence-electron chi connectivity index (χ1n) is 8.08. The van der Waals surface area contributed by atoms with Crippen LogP contribution in [0.2, 0.25) is 0 Å². The maximum atomic E-state index is 13.0. The molecule has 0 saturated carbocycles. The van der Waals surface area contributed by atoms with Crippen molar-refractivity contribution in [2.45, 2.75) is 0 Å². The molecule has 0 aromatic heterocycles. The van der Waals surface area contributed by atoms with Gasteiger partial charge in [-0.3, -0.25) is 4.79 Å². The molecule has 0 N–H and O–H groups in total. The van der Waals surface area contributed by atoms with Gasteiger partial charge in [-0.1, -0.05) is 0 Å². The summed E-state index contributed by atoms with van der Waals surface area (Å²) >= 11 is 0. The average Bonchev–Trinajstić information content (AvgIpc) is 2.71. The van der Waals surface area contributed by atoms with E-state index < -0.39 is 13.3 Å². The minimum absolute atomic E-state index is 0.158. The number of ketones is 1. The highest BCUT2D eigenvalue weighted by atomic mass is 19.2. The molecule has 0 aliphatic rings. The summed E-state index contributed by atoms with van der Waals surface area (Å²) in [6.45, 7) is 0.